The molecule has 4 rings (SSSR count). The van der Waals surface area contributed by atoms with Crippen molar-refractivity contribution in [2.24, 2.45) is 0 Å². The Morgan fingerprint density at radius 1 is 1.13 bits per heavy atom. The second-order valence-electron chi connectivity index (χ2n) is 7.70. The third kappa shape index (κ3) is 4.90. The van der Waals surface area contributed by atoms with Gasteiger partial charge in [-0.15, -0.1) is 12.4 Å². The molecule has 31 heavy (non-hydrogen) atoms. The molecule has 0 saturated carbocycles. The van der Waals surface area contributed by atoms with Crippen LogP contribution in [0.15, 0.2) is 42.6 Å². The van der Waals surface area contributed by atoms with Crippen molar-refractivity contribution < 1.29 is 4.79 Å². The van der Waals surface area contributed by atoms with Gasteiger partial charge < -0.3 is 10.6 Å². The number of piperidine rings is 1. The van der Waals surface area contributed by atoms with Gasteiger partial charge in [-0.25, -0.2) is 4.68 Å². The maximum absolute atomic E-state index is 13.2. The van der Waals surface area contributed by atoms with E-state index in [0.717, 1.165) is 37.3 Å². The molecular formula is C23H25Cl3N4O. The van der Waals surface area contributed by atoms with E-state index in [-0.39, 0.29) is 24.2 Å². The average molecular weight is 480 g/mol. The molecule has 2 heterocycles. The van der Waals surface area contributed by atoms with Crippen molar-refractivity contribution in [3.8, 4) is 5.69 Å². The molecule has 1 aromatic heterocycles. The average Bonchev–Trinajstić information content (AvgIpc) is 3.19. The van der Waals surface area contributed by atoms with Crippen LogP contribution < -0.4 is 10.6 Å². The minimum Gasteiger partial charge on any atom is -0.320 e. The Morgan fingerprint density at radius 2 is 1.87 bits per heavy atom. The Morgan fingerprint density at radius 3 is 2.58 bits per heavy atom. The minimum absolute atomic E-state index is 0. The molecule has 1 amide bonds. The number of nitrogens with one attached hydrogen (secondary N) is 2. The van der Waals surface area contributed by atoms with Gasteiger partial charge >= 0.3 is 0 Å². The van der Waals surface area contributed by atoms with E-state index >= 15 is 0 Å². The number of aromatic nitrogens is 2. The predicted octanol–water partition coefficient (Wildman–Crippen LogP) is 5.94. The zero-order valence-electron chi connectivity index (χ0n) is 17.4. The van der Waals surface area contributed by atoms with Crippen molar-refractivity contribution in [3.63, 3.8) is 0 Å². The molecule has 0 atom stereocenters. The Bertz CT molecular complexity index is 1090. The summed E-state index contributed by atoms with van der Waals surface area (Å²) in [6.07, 6.45) is 3.56. The Kier molecular flexibility index (Phi) is 7.65. The number of nitrogens with zero attached hydrogens (tertiary/aromatic N) is 2. The van der Waals surface area contributed by atoms with E-state index in [1.807, 2.05) is 4.68 Å². The van der Waals surface area contributed by atoms with Gasteiger partial charge in [-0.3, -0.25) is 4.79 Å². The third-order valence-corrected chi connectivity index (χ3v) is 6.53. The zero-order valence-corrected chi connectivity index (χ0v) is 19.7. The van der Waals surface area contributed by atoms with Crippen LogP contribution in [-0.2, 0) is 0 Å². The second-order valence-corrected chi connectivity index (χ2v) is 8.49. The highest BCUT2D eigenvalue weighted by Gasteiger charge is 2.27. The fraction of sp³-hybridized carbons (Fsp3) is 0.304. The molecule has 1 fully saturated rings. The van der Waals surface area contributed by atoms with E-state index in [0.29, 0.717) is 21.3 Å². The molecule has 2 aromatic carbocycles. The van der Waals surface area contributed by atoms with E-state index in [4.69, 9.17) is 23.2 Å². The molecule has 164 valence electrons. The molecule has 3 aromatic rings. The number of aryl methyl sites for hydroxylation is 2. The molecule has 5 nitrogen and oxygen atoms in total. The number of halogens is 3. The smallest absolute Gasteiger partial charge is 0.259 e. The van der Waals surface area contributed by atoms with Gasteiger partial charge in [0.05, 0.1) is 38.9 Å². The molecule has 0 spiro atoms. The van der Waals surface area contributed by atoms with Gasteiger partial charge in [0.1, 0.15) is 0 Å². The first-order chi connectivity index (χ1) is 14.5. The molecule has 0 bridgehead atoms. The number of hydrogen-bond donors (Lipinski definition) is 2. The lowest BCUT2D eigenvalue weighted by Gasteiger charge is -2.25. The first-order valence-corrected chi connectivity index (χ1v) is 10.8. The van der Waals surface area contributed by atoms with E-state index in [1.165, 1.54) is 11.1 Å². The highest BCUT2D eigenvalue weighted by atomic mass is 35.5. The highest BCUT2D eigenvalue weighted by molar-refractivity contribution is 6.44. The highest BCUT2D eigenvalue weighted by Crippen LogP contribution is 2.33. The summed E-state index contributed by atoms with van der Waals surface area (Å²) < 4.78 is 1.91. The quantitative estimate of drug-likeness (QED) is 0.487. The minimum atomic E-state index is -0.234. The van der Waals surface area contributed by atoms with Crippen LogP contribution in [0.4, 0.5) is 5.69 Å². The summed E-state index contributed by atoms with van der Waals surface area (Å²) in [6, 6.07) is 11.4. The molecular weight excluding hydrogens is 455 g/mol. The monoisotopic (exact) mass is 478 g/mol. The van der Waals surface area contributed by atoms with Crippen LogP contribution in [-0.4, -0.2) is 28.8 Å². The summed E-state index contributed by atoms with van der Waals surface area (Å²) in [7, 11) is 0. The third-order valence-electron chi connectivity index (χ3n) is 5.71. The number of carbonyl (C=O) groups is 1. The van der Waals surface area contributed by atoms with Gasteiger partial charge in [0.2, 0.25) is 0 Å². The van der Waals surface area contributed by atoms with Gasteiger partial charge in [-0.1, -0.05) is 35.3 Å². The van der Waals surface area contributed by atoms with Gasteiger partial charge in [0, 0.05) is 5.92 Å². The summed E-state index contributed by atoms with van der Waals surface area (Å²) in [5.41, 5.74) is 5.38. The fourth-order valence-corrected chi connectivity index (χ4v) is 4.22. The van der Waals surface area contributed by atoms with Gasteiger partial charge in [0.15, 0.2) is 0 Å². The number of benzene rings is 2. The molecule has 0 radical (unpaired) electrons. The standard InChI is InChI=1S/C23H24Cl2N4O.ClH/c1-14-6-7-17(12-15(14)2)29-22(16-8-10-26-11-9-16)18(13-27-29)23(30)28-20-5-3-4-19(24)21(20)25;/h3-7,12-13,16,26H,8-11H2,1-2H3,(H,28,30);1H. The molecule has 8 heteroatoms. The van der Waals surface area contributed by atoms with Crippen molar-refractivity contribution >= 4 is 47.2 Å². The number of rotatable bonds is 4. The predicted molar refractivity (Wildman–Crippen MR) is 130 cm³/mol. The lowest BCUT2D eigenvalue weighted by molar-refractivity contribution is 0.102. The first-order valence-electron chi connectivity index (χ1n) is 10.1. The summed E-state index contributed by atoms with van der Waals surface area (Å²) in [5.74, 6) is 0.00808. The van der Waals surface area contributed by atoms with Crippen LogP contribution in [0.3, 0.4) is 0 Å². The van der Waals surface area contributed by atoms with Crippen molar-refractivity contribution in [1.82, 2.24) is 15.1 Å². The summed E-state index contributed by atoms with van der Waals surface area (Å²) in [6.45, 7) is 6.01. The van der Waals surface area contributed by atoms with E-state index in [9.17, 15) is 4.79 Å². The van der Waals surface area contributed by atoms with E-state index in [1.54, 1.807) is 24.4 Å². The van der Waals surface area contributed by atoms with Crippen LogP contribution in [0.5, 0.6) is 0 Å². The molecule has 0 unspecified atom stereocenters. The number of carbonyl (C=O) groups excluding carboxylic acids is 1. The molecule has 0 aliphatic carbocycles. The number of amides is 1. The molecule has 1 aliphatic heterocycles. The first kappa shape index (κ1) is 23.6. The van der Waals surface area contributed by atoms with Gasteiger partial charge in [-0.05, 0) is 75.2 Å². The van der Waals surface area contributed by atoms with Crippen molar-refractivity contribution in [1.29, 1.82) is 0 Å². The summed E-state index contributed by atoms with van der Waals surface area (Å²) in [4.78, 5) is 13.2. The second kappa shape index (κ2) is 10.0. The fourth-order valence-electron chi connectivity index (χ4n) is 3.87. The maximum atomic E-state index is 13.2. The Hall–Kier alpha value is -2.05. The van der Waals surface area contributed by atoms with Crippen molar-refractivity contribution in [2.45, 2.75) is 32.6 Å². The van der Waals surface area contributed by atoms with Gasteiger partial charge in [-0.2, -0.15) is 5.10 Å². The van der Waals surface area contributed by atoms with E-state index in [2.05, 4.69) is 47.8 Å². The van der Waals surface area contributed by atoms with Crippen LogP contribution in [0.1, 0.15) is 45.9 Å². The van der Waals surface area contributed by atoms with E-state index < -0.39 is 0 Å². The largest absolute Gasteiger partial charge is 0.320 e. The van der Waals surface area contributed by atoms with Crippen LogP contribution in [0.2, 0.25) is 10.0 Å². The van der Waals surface area contributed by atoms with Gasteiger partial charge in [0.25, 0.3) is 5.91 Å². The molecule has 2 N–H and O–H groups in total. The maximum Gasteiger partial charge on any atom is 0.259 e. The summed E-state index contributed by atoms with van der Waals surface area (Å²) in [5, 5.41) is 11.6. The lowest BCUT2D eigenvalue weighted by Crippen LogP contribution is -2.29. The van der Waals surface area contributed by atoms with Crippen LogP contribution >= 0.6 is 35.6 Å². The zero-order chi connectivity index (χ0) is 21.3. The lowest BCUT2D eigenvalue weighted by atomic mass is 9.91. The normalized spacial score (nSPS) is 14.2. The number of anilines is 1. The van der Waals surface area contributed by atoms with Crippen LogP contribution in [0.25, 0.3) is 5.69 Å². The summed E-state index contributed by atoms with van der Waals surface area (Å²) >= 11 is 12.4. The molecule has 1 aliphatic rings. The van der Waals surface area contributed by atoms with Crippen LogP contribution in [0, 0.1) is 13.8 Å². The molecule has 1 saturated heterocycles. The number of hydrogen-bond acceptors (Lipinski definition) is 3. The topological polar surface area (TPSA) is 59.0 Å². The Balaban J connectivity index is 0.00000272. The van der Waals surface area contributed by atoms with Crippen molar-refractivity contribution in [3.05, 3.63) is 75.0 Å². The van der Waals surface area contributed by atoms with Crippen molar-refractivity contribution in [2.75, 3.05) is 18.4 Å². The SMILES string of the molecule is Cc1ccc(-n2ncc(C(=O)Nc3cccc(Cl)c3Cl)c2C2CCNCC2)cc1C.Cl. The Labute approximate surface area is 198 Å².